The lowest BCUT2D eigenvalue weighted by molar-refractivity contribution is -0.127. The number of thioether (sulfide) groups is 2. The van der Waals surface area contributed by atoms with Gasteiger partial charge in [-0.3, -0.25) is 19.3 Å². The van der Waals surface area contributed by atoms with E-state index in [-0.39, 0.29) is 11.4 Å². The average molecular weight is 647 g/mol. The normalized spacial score (nSPS) is 14.2. The highest BCUT2D eigenvalue weighted by Crippen LogP contribution is 2.37. The van der Waals surface area contributed by atoms with E-state index in [1.54, 1.807) is 37.1 Å². The fraction of sp³-hybridized carbons (Fsp3) is 0.148. The molecule has 0 atom stereocenters. The summed E-state index contributed by atoms with van der Waals surface area (Å²) in [6.07, 6.45) is 3.56. The van der Waals surface area contributed by atoms with E-state index >= 15 is 0 Å². The first-order valence-electron chi connectivity index (χ1n) is 11.1. The van der Waals surface area contributed by atoms with Crippen molar-refractivity contribution in [3.8, 4) is 11.5 Å². The minimum absolute atomic E-state index is 0.234. The highest BCUT2D eigenvalue weighted by molar-refractivity contribution is 14.1. The largest absolute Gasteiger partial charge is 0.493 e. The molecule has 1 aliphatic rings. The van der Waals surface area contributed by atoms with Gasteiger partial charge in [-0.1, -0.05) is 36.4 Å². The van der Waals surface area contributed by atoms with E-state index in [9.17, 15) is 14.4 Å². The zero-order chi connectivity index (χ0) is 26.4. The first kappa shape index (κ1) is 27.1. The van der Waals surface area contributed by atoms with Gasteiger partial charge < -0.3 is 14.8 Å². The molecule has 3 aromatic carbocycles. The first-order valence-corrected chi connectivity index (χ1v) is 14.2. The molecule has 1 N–H and O–H groups in total. The molecule has 1 saturated heterocycles. The smallest absolute Gasteiger partial charge is 0.294 e. The molecule has 37 heavy (non-hydrogen) atoms. The number of nitrogens with zero attached hydrogens (tertiary/aromatic N) is 1. The summed E-state index contributed by atoms with van der Waals surface area (Å²) in [5.74, 6) is 0.152. The average Bonchev–Trinajstić information content (AvgIpc) is 3.15. The third kappa shape index (κ3) is 6.88. The van der Waals surface area contributed by atoms with Crippen molar-refractivity contribution in [2.75, 3.05) is 25.2 Å². The second-order valence-corrected chi connectivity index (χ2v) is 10.9. The maximum atomic E-state index is 12.9. The number of methoxy groups -OCH3 is 1. The van der Waals surface area contributed by atoms with Crippen molar-refractivity contribution < 1.29 is 23.9 Å². The molecule has 0 bridgehead atoms. The summed E-state index contributed by atoms with van der Waals surface area (Å²) in [5, 5.41) is 2.25. The predicted molar refractivity (Wildman–Crippen MR) is 156 cm³/mol. The summed E-state index contributed by atoms with van der Waals surface area (Å²) in [4.78, 5) is 40.2. The van der Waals surface area contributed by atoms with Crippen molar-refractivity contribution in [3.05, 3.63) is 86.3 Å². The molecule has 0 spiro atoms. The lowest BCUT2D eigenvalue weighted by atomic mass is 10.1. The number of rotatable bonds is 9. The van der Waals surface area contributed by atoms with Gasteiger partial charge >= 0.3 is 0 Å². The molecule has 1 aliphatic heterocycles. The maximum absolute atomic E-state index is 12.9. The molecule has 7 nitrogen and oxygen atoms in total. The Bertz CT molecular complexity index is 1360. The van der Waals surface area contributed by atoms with Crippen molar-refractivity contribution in [1.29, 1.82) is 0 Å². The van der Waals surface area contributed by atoms with E-state index < -0.39 is 17.1 Å². The Hall–Kier alpha value is -2.96. The number of imide groups is 1. The molecule has 0 saturated carbocycles. The molecule has 10 heteroatoms. The standard InChI is InChI=1S/C27H23IN2O5S2/c1-34-22-12-18(11-21(28)25(22)35-16-17-7-4-3-5-8-17)13-23-26(32)30(27(33)37-23)15-24(31)29-19-9-6-10-20(14-19)36-2/h3-14H,15-16H2,1-2H3,(H,29,31)/b23-13+. The molecule has 190 valence electrons. The molecule has 0 unspecified atom stereocenters. The van der Waals surface area contributed by atoms with Crippen LogP contribution in [-0.2, 0) is 16.2 Å². The van der Waals surface area contributed by atoms with Gasteiger partial charge in [0.2, 0.25) is 5.91 Å². The number of benzene rings is 3. The Kier molecular flexibility index (Phi) is 9.17. The van der Waals surface area contributed by atoms with E-state index in [0.29, 0.717) is 29.4 Å². The summed E-state index contributed by atoms with van der Waals surface area (Å²) in [6, 6.07) is 20.7. The van der Waals surface area contributed by atoms with Gasteiger partial charge in [-0.15, -0.1) is 11.8 Å². The summed E-state index contributed by atoms with van der Waals surface area (Å²) in [7, 11) is 1.55. The predicted octanol–water partition coefficient (Wildman–Crippen LogP) is 6.28. The van der Waals surface area contributed by atoms with E-state index in [1.807, 2.05) is 60.9 Å². The Morgan fingerprint density at radius 3 is 2.62 bits per heavy atom. The van der Waals surface area contributed by atoms with Gasteiger partial charge in [-0.05, 0) is 88.1 Å². The van der Waals surface area contributed by atoms with Crippen LogP contribution in [0, 0.1) is 3.57 Å². The number of carbonyl (C=O) groups excluding carboxylic acids is 3. The third-order valence-electron chi connectivity index (χ3n) is 5.30. The molecule has 4 rings (SSSR count). The van der Waals surface area contributed by atoms with E-state index in [0.717, 1.165) is 30.7 Å². The molecule has 3 aromatic rings. The zero-order valence-electron chi connectivity index (χ0n) is 20.0. The Balaban J connectivity index is 1.46. The fourth-order valence-corrected chi connectivity index (χ4v) is 5.60. The van der Waals surface area contributed by atoms with Crippen LogP contribution in [0.25, 0.3) is 6.08 Å². The van der Waals surface area contributed by atoms with Crippen LogP contribution in [0.5, 0.6) is 11.5 Å². The third-order valence-corrected chi connectivity index (χ3v) is 7.74. The molecule has 0 radical (unpaired) electrons. The van der Waals surface area contributed by atoms with Gasteiger partial charge in [-0.25, -0.2) is 0 Å². The lowest BCUT2D eigenvalue weighted by Crippen LogP contribution is -2.36. The van der Waals surface area contributed by atoms with E-state index in [2.05, 4.69) is 27.9 Å². The minimum Gasteiger partial charge on any atom is -0.493 e. The van der Waals surface area contributed by atoms with Crippen LogP contribution in [0.4, 0.5) is 10.5 Å². The molecule has 1 fully saturated rings. The summed E-state index contributed by atoms with van der Waals surface area (Å²) >= 11 is 4.51. The van der Waals surface area contributed by atoms with Crippen LogP contribution in [0.2, 0.25) is 0 Å². The van der Waals surface area contributed by atoms with Crippen molar-refractivity contribution in [2.45, 2.75) is 11.5 Å². The van der Waals surface area contributed by atoms with Crippen molar-refractivity contribution in [1.82, 2.24) is 4.90 Å². The number of amides is 3. The summed E-state index contributed by atoms with van der Waals surface area (Å²) < 4.78 is 12.3. The van der Waals surface area contributed by atoms with Crippen molar-refractivity contribution in [2.24, 2.45) is 0 Å². The fourth-order valence-electron chi connectivity index (χ4n) is 3.53. The topological polar surface area (TPSA) is 84.9 Å². The first-order chi connectivity index (χ1) is 17.9. The SMILES string of the molecule is COc1cc(/C=C2/SC(=O)N(CC(=O)Nc3cccc(SC)c3)C2=O)cc(I)c1OCc1ccccc1. The number of anilines is 1. The molecular formula is C27H23IN2O5S2. The van der Waals surface area contributed by atoms with Crippen LogP contribution >= 0.6 is 46.1 Å². The maximum Gasteiger partial charge on any atom is 0.294 e. The van der Waals surface area contributed by atoms with Crippen LogP contribution in [0.1, 0.15) is 11.1 Å². The monoisotopic (exact) mass is 646 g/mol. The molecule has 0 aliphatic carbocycles. The summed E-state index contributed by atoms with van der Waals surface area (Å²) in [6.45, 7) is 0.0215. The number of carbonyl (C=O) groups is 3. The highest BCUT2D eigenvalue weighted by atomic mass is 127. The van der Waals surface area contributed by atoms with Crippen molar-refractivity contribution in [3.63, 3.8) is 0 Å². The van der Waals surface area contributed by atoms with E-state index in [1.165, 1.54) is 0 Å². The highest BCUT2D eigenvalue weighted by Gasteiger charge is 2.36. The van der Waals surface area contributed by atoms with Gasteiger partial charge in [0.1, 0.15) is 13.2 Å². The Labute approximate surface area is 237 Å². The number of ether oxygens (including phenoxy) is 2. The van der Waals surface area contributed by atoms with Crippen molar-refractivity contribution >= 4 is 74.9 Å². The Morgan fingerprint density at radius 2 is 1.89 bits per heavy atom. The van der Waals surface area contributed by atoms with Crippen LogP contribution in [-0.4, -0.2) is 41.9 Å². The van der Waals surface area contributed by atoms with Gasteiger partial charge in [0.05, 0.1) is 15.6 Å². The van der Waals surface area contributed by atoms with Crippen LogP contribution < -0.4 is 14.8 Å². The Morgan fingerprint density at radius 1 is 1.11 bits per heavy atom. The van der Waals surface area contributed by atoms with Gasteiger partial charge in [-0.2, -0.15) is 0 Å². The van der Waals surface area contributed by atoms with Crippen LogP contribution in [0.15, 0.2) is 76.5 Å². The quantitative estimate of drug-likeness (QED) is 0.167. The van der Waals surface area contributed by atoms with Gasteiger partial charge in [0.15, 0.2) is 11.5 Å². The molecule has 1 heterocycles. The lowest BCUT2D eigenvalue weighted by Gasteiger charge is -2.14. The molecule has 3 amide bonds. The number of hydrogen-bond acceptors (Lipinski definition) is 7. The zero-order valence-corrected chi connectivity index (χ0v) is 23.8. The van der Waals surface area contributed by atoms with E-state index in [4.69, 9.17) is 9.47 Å². The summed E-state index contributed by atoms with van der Waals surface area (Å²) in [5.41, 5.74) is 2.31. The second-order valence-electron chi connectivity index (χ2n) is 7.86. The van der Waals surface area contributed by atoms with Gasteiger partial charge in [0.25, 0.3) is 11.1 Å². The molecular weight excluding hydrogens is 623 g/mol. The molecule has 0 aromatic heterocycles. The number of nitrogens with one attached hydrogen (secondary N) is 1. The second kappa shape index (κ2) is 12.5. The van der Waals surface area contributed by atoms with Crippen LogP contribution in [0.3, 0.4) is 0 Å². The number of halogens is 1. The van der Waals surface area contributed by atoms with Gasteiger partial charge in [0, 0.05) is 10.6 Å². The number of hydrogen-bond donors (Lipinski definition) is 1. The minimum atomic E-state index is -0.513.